The summed E-state index contributed by atoms with van der Waals surface area (Å²) in [5.41, 5.74) is 0. The van der Waals surface area contributed by atoms with E-state index in [-0.39, 0.29) is 6.10 Å². The molecule has 0 aromatic rings. The SMILES string of the molecule is CC(O)COCCC[SiH2]O. The van der Waals surface area contributed by atoms with Crippen LogP contribution in [0.15, 0.2) is 0 Å². The number of hydrogen-bond acceptors (Lipinski definition) is 3. The van der Waals surface area contributed by atoms with E-state index in [9.17, 15) is 0 Å². The van der Waals surface area contributed by atoms with Crippen LogP contribution in [0.3, 0.4) is 0 Å². The lowest BCUT2D eigenvalue weighted by Gasteiger charge is -2.04. The molecule has 0 aromatic carbocycles. The molecule has 0 heterocycles. The van der Waals surface area contributed by atoms with Crippen molar-refractivity contribution in [2.75, 3.05) is 13.2 Å². The Kier molecular flexibility index (Phi) is 7.28. The van der Waals surface area contributed by atoms with Crippen LogP contribution in [0.5, 0.6) is 0 Å². The highest BCUT2D eigenvalue weighted by atomic mass is 28.2. The van der Waals surface area contributed by atoms with E-state index < -0.39 is 9.76 Å². The first-order chi connectivity index (χ1) is 4.77. The van der Waals surface area contributed by atoms with Gasteiger partial charge in [0.25, 0.3) is 0 Å². The summed E-state index contributed by atoms with van der Waals surface area (Å²) in [4.78, 5) is 8.51. The lowest BCUT2D eigenvalue weighted by Crippen LogP contribution is -2.11. The molecule has 0 aliphatic heterocycles. The van der Waals surface area contributed by atoms with E-state index in [1.807, 2.05) is 0 Å². The van der Waals surface area contributed by atoms with Crippen LogP contribution in [0.25, 0.3) is 0 Å². The first-order valence-electron chi connectivity index (χ1n) is 3.64. The summed E-state index contributed by atoms with van der Waals surface area (Å²) in [5.74, 6) is 0. The molecule has 0 radical (unpaired) electrons. The molecule has 0 aliphatic rings. The molecule has 0 saturated carbocycles. The highest BCUT2D eigenvalue weighted by molar-refractivity contribution is 6.25. The highest BCUT2D eigenvalue weighted by Crippen LogP contribution is 1.89. The van der Waals surface area contributed by atoms with E-state index in [0.717, 1.165) is 12.5 Å². The van der Waals surface area contributed by atoms with E-state index in [0.29, 0.717) is 13.2 Å². The minimum absolute atomic E-state index is 0.369. The zero-order chi connectivity index (χ0) is 7.82. The second-order valence-electron chi connectivity index (χ2n) is 2.35. The van der Waals surface area contributed by atoms with Crippen LogP contribution in [0.1, 0.15) is 13.3 Å². The predicted molar refractivity (Wildman–Crippen MR) is 42.7 cm³/mol. The first-order valence-corrected chi connectivity index (χ1v) is 5.27. The molecule has 4 heteroatoms. The molecule has 1 unspecified atom stereocenters. The van der Waals surface area contributed by atoms with Crippen molar-refractivity contribution in [3.05, 3.63) is 0 Å². The van der Waals surface area contributed by atoms with E-state index in [4.69, 9.17) is 14.6 Å². The van der Waals surface area contributed by atoms with Crippen molar-refractivity contribution in [1.29, 1.82) is 0 Å². The van der Waals surface area contributed by atoms with E-state index in [2.05, 4.69) is 0 Å². The van der Waals surface area contributed by atoms with Crippen molar-refractivity contribution in [3.8, 4) is 0 Å². The summed E-state index contributed by atoms with van der Waals surface area (Å²) in [6, 6.07) is 0.916. The molecule has 62 valence electrons. The monoisotopic (exact) mass is 164 g/mol. The Morgan fingerprint density at radius 1 is 1.60 bits per heavy atom. The standard InChI is InChI=1S/C6H16O3Si/c1-6(7)5-9-3-2-4-10-8/h6-8H,2-5,10H2,1H3. The molecule has 0 rings (SSSR count). The first kappa shape index (κ1) is 10.1. The van der Waals surface area contributed by atoms with Gasteiger partial charge in [-0.15, -0.1) is 0 Å². The van der Waals surface area contributed by atoms with Gasteiger partial charge in [-0.2, -0.15) is 0 Å². The number of rotatable bonds is 6. The molecule has 3 nitrogen and oxygen atoms in total. The molecule has 2 N–H and O–H groups in total. The van der Waals surface area contributed by atoms with E-state index >= 15 is 0 Å². The molecule has 10 heavy (non-hydrogen) atoms. The van der Waals surface area contributed by atoms with E-state index in [1.54, 1.807) is 6.92 Å². The zero-order valence-electron chi connectivity index (χ0n) is 6.42. The summed E-state index contributed by atoms with van der Waals surface area (Å²) >= 11 is 0. The minimum atomic E-state index is -0.776. The predicted octanol–water partition coefficient (Wildman–Crippen LogP) is -0.732. The Hall–Kier alpha value is 0.0969. The van der Waals surface area contributed by atoms with Gasteiger partial charge in [-0.3, -0.25) is 0 Å². The topological polar surface area (TPSA) is 49.7 Å². The van der Waals surface area contributed by atoms with Crippen LogP contribution in [0, 0.1) is 0 Å². The van der Waals surface area contributed by atoms with Gasteiger partial charge in [0.2, 0.25) is 0 Å². The molecule has 0 spiro atoms. The van der Waals surface area contributed by atoms with Crippen LogP contribution < -0.4 is 0 Å². The summed E-state index contributed by atoms with van der Waals surface area (Å²) < 4.78 is 5.06. The average Bonchev–Trinajstić information content (AvgIpc) is 1.87. The largest absolute Gasteiger partial charge is 0.438 e. The van der Waals surface area contributed by atoms with Gasteiger partial charge in [0.1, 0.15) is 0 Å². The smallest absolute Gasteiger partial charge is 0.156 e. The lowest BCUT2D eigenvalue weighted by atomic mass is 10.4. The maximum atomic E-state index is 8.74. The lowest BCUT2D eigenvalue weighted by molar-refractivity contribution is 0.0465. The van der Waals surface area contributed by atoms with Gasteiger partial charge in [0, 0.05) is 6.61 Å². The number of aliphatic hydroxyl groups is 1. The normalized spacial score (nSPS) is 14.7. The summed E-state index contributed by atoms with van der Waals surface area (Å²) in [6.07, 6.45) is 0.557. The van der Waals surface area contributed by atoms with Gasteiger partial charge in [0.15, 0.2) is 9.76 Å². The van der Waals surface area contributed by atoms with Crippen molar-refractivity contribution in [1.82, 2.24) is 0 Å². The van der Waals surface area contributed by atoms with Crippen molar-refractivity contribution in [3.63, 3.8) is 0 Å². The Bertz CT molecular complexity index is 68.0. The number of aliphatic hydroxyl groups excluding tert-OH is 1. The van der Waals surface area contributed by atoms with Gasteiger partial charge < -0.3 is 14.6 Å². The maximum absolute atomic E-state index is 8.74. The molecular weight excluding hydrogens is 148 g/mol. The third kappa shape index (κ3) is 8.10. The summed E-state index contributed by atoms with van der Waals surface area (Å²) in [7, 11) is -0.776. The van der Waals surface area contributed by atoms with Crippen molar-refractivity contribution < 1.29 is 14.6 Å². The Labute approximate surface area is 64.0 Å². The third-order valence-corrected chi connectivity index (χ3v) is 1.87. The minimum Gasteiger partial charge on any atom is -0.438 e. The summed E-state index contributed by atoms with van der Waals surface area (Å²) in [6.45, 7) is 2.77. The quantitative estimate of drug-likeness (QED) is 0.402. The van der Waals surface area contributed by atoms with Crippen LogP contribution in [-0.2, 0) is 4.74 Å². The zero-order valence-corrected chi connectivity index (χ0v) is 7.83. The molecule has 0 aliphatic carbocycles. The molecule has 1 atom stereocenters. The fourth-order valence-corrected chi connectivity index (χ4v) is 0.998. The fourth-order valence-electron chi connectivity index (χ4n) is 0.570. The van der Waals surface area contributed by atoms with Crippen LogP contribution in [0.2, 0.25) is 6.04 Å². The molecule has 0 saturated heterocycles. The molecule has 0 aromatic heterocycles. The van der Waals surface area contributed by atoms with Crippen molar-refractivity contribution in [2.45, 2.75) is 25.5 Å². The van der Waals surface area contributed by atoms with Crippen LogP contribution in [0.4, 0.5) is 0 Å². The van der Waals surface area contributed by atoms with Crippen molar-refractivity contribution in [2.24, 2.45) is 0 Å². The van der Waals surface area contributed by atoms with Gasteiger partial charge in [-0.25, -0.2) is 0 Å². The third-order valence-electron chi connectivity index (χ3n) is 1.06. The van der Waals surface area contributed by atoms with Crippen molar-refractivity contribution >= 4 is 9.76 Å². The second kappa shape index (κ2) is 7.21. The maximum Gasteiger partial charge on any atom is 0.156 e. The Morgan fingerprint density at radius 2 is 2.30 bits per heavy atom. The molecule has 0 bridgehead atoms. The average molecular weight is 164 g/mol. The molecular formula is C6H16O3Si. The van der Waals surface area contributed by atoms with Gasteiger partial charge >= 0.3 is 0 Å². The van der Waals surface area contributed by atoms with Crippen LogP contribution in [-0.4, -0.2) is 39.0 Å². The van der Waals surface area contributed by atoms with Crippen LogP contribution >= 0.6 is 0 Å². The summed E-state index contributed by atoms with van der Waals surface area (Å²) in [5, 5.41) is 8.74. The number of hydrogen-bond donors (Lipinski definition) is 2. The molecule has 0 fully saturated rings. The van der Waals surface area contributed by atoms with Gasteiger partial charge in [-0.05, 0) is 19.4 Å². The Balaban J connectivity index is 2.77. The van der Waals surface area contributed by atoms with E-state index in [1.165, 1.54) is 0 Å². The van der Waals surface area contributed by atoms with Gasteiger partial charge in [0.05, 0.1) is 12.7 Å². The fraction of sp³-hybridized carbons (Fsp3) is 1.00. The second-order valence-corrected chi connectivity index (χ2v) is 3.51. The molecule has 0 amide bonds. The highest BCUT2D eigenvalue weighted by Gasteiger charge is 1.93. The Morgan fingerprint density at radius 3 is 2.80 bits per heavy atom. The number of ether oxygens (including phenoxy) is 1. The van der Waals surface area contributed by atoms with Gasteiger partial charge in [-0.1, -0.05) is 0 Å².